The summed E-state index contributed by atoms with van der Waals surface area (Å²) in [5, 5.41) is 0. The smallest absolute Gasteiger partial charge is 0.0469 e. The summed E-state index contributed by atoms with van der Waals surface area (Å²) in [6.45, 7) is 3.83. The first-order valence-electron chi connectivity index (χ1n) is 5.78. The zero-order valence-electron chi connectivity index (χ0n) is 9.58. The predicted octanol–water partition coefficient (Wildman–Crippen LogP) is 3.18. The number of hydrogen-bond acceptors (Lipinski definition) is 2. The molecule has 2 N–H and O–H groups in total. The molecule has 0 radical (unpaired) electrons. The minimum Gasteiger partial charge on any atom is -0.381 e. The van der Waals surface area contributed by atoms with Gasteiger partial charge < -0.3 is 10.5 Å². The van der Waals surface area contributed by atoms with Gasteiger partial charge in [0.1, 0.15) is 0 Å². The maximum atomic E-state index is 6.35. The summed E-state index contributed by atoms with van der Waals surface area (Å²) >= 11 is 3.48. The largest absolute Gasteiger partial charge is 0.381 e. The molecule has 1 atom stereocenters. The monoisotopic (exact) mass is 283 g/mol. The number of aryl methyl sites for hydroxylation is 1. The minimum absolute atomic E-state index is 0.150. The quantitative estimate of drug-likeness (QED) is 0.905. The van der Waals surface area contributed by atoms with E-state index < -0.39 is 0 Å². The molecule has 16 heavy (non-hydrogen) atoms. The van der Waals surface area contributed by atoms with Gasteiger partial charge in [0.2, 0.25) is 0 Å². The molecule has 2 rings (SSSR count). The van der Waals surface area contributed by atoms with Crippen molar-refractivity contribution >= 4 is 15.9 Å². The molecule has 1 aliphatic rings. The van der Waals surface area contributed by atoms with Crippen molar-refractivity contribution in [2.75, 3.05) is 13.2 Å². The van der Waals surface area contributed by atoms with Gasteiger partial charge >= 0.3 is 0 Å². The first-order valence-corrected chi connectivity index (χ1v) is 6.57. The lowest BCUT2D eigenvalue weighted by Crippen LogP contribution is -2.27. The number of nitrogens with two attached hydrogens (primary N) is 1. The molecule has 0 saturated carbocycles. The molecule has 1 aromatic carbocycles. The molecule has 88 valence electrons. The molecule has 1 aliphatic heterocycles. The van der Waals surface area contributed by atoms with E-state index in [4.69, 9.17) is 10.5 Å². The summed E-state index contributed by atoms with van der Waals surface area (Å²) in [5.41, 5.74) is 8.89. The number of benzene rings is 1. The average Bonchev–Trinajstić information content (AvgIpc) is 2.29. The zero-order chi connectivity index (χ0) is 11.5. The third-order valence-electron chi connectivity index (χ3n) is 3.36. The van der Waals surface area contributed by atoms with E-state index in [1.165, 1.54) is 11.1 Å². The Bertz CT molecular complexity index is 361. The van der Waals surface area contributed by atoms with E-state index >= 15 is 0 Å². The van der Waals surface area contributed by atoms with Crippen LogP contribution >= 0.6 is 15.9 Å². The molecule has 3 heteroatoms. The fourth-order valence-corrected chi connectivity index (χ4v) is 2.82. The van der Waals surface area contributed by atoms with E-state index in [1.807, 2.05) is 0 Å². The van der Waals surface area contributed by atoms with Gasteiger partial charge in [0.25, 0.3) is 0 Å². The molecule has 0 amide bonds. The van der Waals surface area contributed by atoms with Crippen LogP contribution in [0, 0.1) is 12.8 Å². The molecule has 0 aromatic heterocycles. The maximum absolute atomic E-state index is 6.35. The van der Waals surface area contributed by atoms with E-state index in [0.29, 0.717) is 5.92 Å². The van der Waals surface area contributed by atoms with E-state index in [9.17, 15) is 0 Å². The topological polar surface area (TPSA) is 35.2 Å². The molecule has 0 bridgehead atoms. The van der Waals surface area contributed by atoms with Crippen molar-refractivity contribution < 1.29 is 4.74 Å². The number of rotatable bonds is 2. The normalized spacial score (nSPS) is 19.7. The minimum atomic E-state index is 0.150. The second kappa shape index (κ2) is 5.30. The van der Waals surface area contributed by atoms with E-state index in [-0.39, 0.29) is 6.04 Å². The third-order valence-corrected chi connectivity index (χ3v) is 3.86. The van der Waals surface area contributed by atoms with Crippen molar-refractivity contribution in [2.24, 2.45) is 11.7 Å². The van der Waals surface area contributed by atoms with Crippen LogP contribution in [0.3, 0.4) is 0 Å². The Kier molecular flexibility index (Phi) is 4.00. The molecule has 1 unspecified atom stereocenters. The first-order chi connectivity index (χ1) is 7.68. The second-order valence-electron chi connectivity index (χ2n) is 4.48. The van der Waals surface area contributed by atoms with Crippen molar-refractivity contribution in [3.8, 4) is 0 Å². The Morgan fingerprint density at radius 1 is 1.38 bits per heavy atom. The van der Waals surface area contributed by atoms with E-state index in [0.717, 1.165) is 30.5 Å². The van der Waals surface area contributed by atoms with Gasteiger partial charge in [0, 0.05) is 23.7 Å². The van der Waals surface area contributed by atoms with Crippen LogP contribution in [0.5, 0.6) is 0 Å². The molecular formula is C13H18BrNO. The van der Waals surface area contributed by atoms with Crippen molar-refractivity contribution in [3.63, 3.8) is 0 Å². The van der Waals surface area contributed by atoms with Crippen LogP contribution in [0.4, 0.5) is 0 Å². The molecule has 1 heterocycles. The third kappa shape index (κ3) is 2.65. The van der Waals surface area contributed by atoms with Crippen molar-refractivity contribution in [2.45, 2.75) is 25.8 Å². The average molecular weight is 284 g/mol. The lowest BCUT2D eigenvalue weighted by atomic mass is 9.86. The van der Waals surface area contributed by atoms with Gasteiger partial charge in [0.15, 0.2) is 0 Å². The number of hydrogen-bond donors (Lipinski definition) is 1. The van der Waals surface area contributed by atoms with Gasteiger partial charge in [0.05, 0.1) is 0 Å². The summed E-state index contributed by atoms with van der Waals surface area (Å²) in [7, 11) is 0. The number of ether oxygens (including phenoxy) is 1. The summed E-state index contributed by atoms with van der Waals surface area (Å²) in [6, 6.07) is 6.49. The Labute approximate surface area is 105 Å². The fraction of sp³-hybridized carbons (Fsp3) is 0.538. The summed E-state index contributed by atoms with van der Waals surface area (Å²) in [5.74, 6) is 0.564. The van der Waals surface area contributed by atoms with Crippen molar-refractivity contribution in [1.29, 1.82) is 0 Å². The molecule has 2 nitrogen and oxygen atoms in total. The Balaban J connectivity index is 2.15. The van der Waals surface area contributed by atoms with Crippen LogP contribution in [-0.2, 0) is 4.74 Å². The molecule has 1 saturated heterocycles. The summed E-state index contributed by atoms with van der Waals surface area (Å²) < 4.78 is 6.49. The van der Waals surface area contributed by atoms with Gasteiger partial charge in [-0.05, 0) is 48.9 Å². The van der Waals surface area contributed by atoms with Crippen LogP contribution in [0.25, 0.3) is 0 Å². The Morgan fingerprint density at radius 2 is 2.06 bits per heavy atom. The van der Waals surface area contributed by atoms with Gasteiger partial charge in [-0.15, -0.1) is 0 Å². The molecular weight excluding hydrogens is 266 g/mol. The molecule has 1 fully saturated rings. The Morgan fingerprint density at radius 3 is 2.69 bits per heavy atom. The summed E-state index contributed by atoms with van der Waals surface area (Å²) in [6.07, 6.45) is 2.16. The van der Waals surface area contributed by atoms with Crippen LogP contribution in [0.2, 0.25) is 0 Å². The standard InChI is InChI=1S/C13H18BrNO/c1-9-8-11(14)2-3-12(9)13(15)10-4-6-16-7-5-10/h2-3,8,10,13H,4-7,15H2,1H3. The fourth-order valence-electron chi connectivity index (χ4n) is 2.34. The molecule has 0 aliphatic carbocycles. The highest BCUT2D eigenvalue weighted by Gasteiger charge is 2.23. The van der Waals surface area contributed by atoms with Crippen LogP contribution in [0.1, 0.15) is 30.0 Å². The highest BCUT2D eigenvalue weighted by molar-refractivity contribution is 9.10. The van der Waals surface area contributed by atoms with Crippen LogP contribution < -0.4 is 5.73 Å². The molecule has 0 spiro atoms. The highest BCUT2D eigenvalue weighted by atomic mass is 79.9. The maximum Gasteiger partial charge on any atom is 0.0469 e. The van der Waals surface area contributed by atoms with Crippen LogP contribution in [-0.4, -0.2) is 13.2 Å². The second-order valence-corrected chi connectivity index (χ2v) is 5.39. The van der Waals surface area contributed by atoms with Crippen LogP contribution in [0.15, 0.2) is 22.7 Å². The number of halogens is 1. The van der Waals surface area contributed by atoms with Crippen molar-refractivity contribution in [3.05, 3.63) is 33.8 Å². The molecule has 1 aromatic rings. The predicted molar refractivity (Wildman–Crippen MR) is 69.4 cm³/mol. The van der Waals surface area contributed by atoms with Gasteiger partial charge in [-0.1, -0.05) is 22.0 Å². The van der Waals surface area contributed by atoms with Gasteiger partial charge in [-0.25, -0.2) is 0 Å². The zero-order valence-corrected chi connectivity index (χ0v) is 11.2. The van der Waals surface area contributed by atoms with Gasteiger partial charge in [-0.2, -0.15) is 0 Å². The van der Waals surface area contributed by atoms with Gasteiger partial charge in [-0.3, -0.25) is 0 Å². The lowest BCUT2D eigenvalue weighted by Gasteiger charge is -2.28. The lowest BCUT2D eigenvalue weighted by molar-refractivity contribution is 0.0583. The highest BCUT2D eigenvalue weighted by Crippen LogP contribution is 2.30. The first kappa shape index (κ1) is 12.1. The Hall–Kier alpha value is -0.380. The SMILES string of the molecule is Cc1cc(Br)ccc1C(N)C1CCOCC1. The van der Waals surface area contributed by atoms with Crippen molar-refractivity contribution in [1.82, 2.24) is 0 Å². The van der Waals surface area contributed by atoms with E-state index in [2.05, 4.69) is 41.1 Å². The van der Waals surface area contributed by atoms with E-state index in [1.54, 1.807) is 0 Å². The summed E-state index contributed by atoms with van der Waals surface area (Å²) in [4.78, 5) is 0.